The summed E-state index contributed by atoms with van der Waals surface area (Å²) in [4.78, 5) is 2.00. The second kappa shape index (κ2) is 5.86. The minimum Gasteiger partial charge on any atom is -0.389 e. The molecule has 2 rings (SSSR count). The van der Waals surface area contributed by atoms with Crippen LogP contribution in [0.4, 0.5) is 15.8 Å². The lowest BCUT2D eigenvalue weighted by Crippen LogP contribution is -2.15. The van der Waals surface area contributed by atoms with Crippen LogP contribution >= 0.6 is 0 Å². The smallest absolute Gasteiger partial charge is 0.126 e. The number of aliphatic hydroxyl groups is 1. The molecule has 0 bridgehead atoms. The van der Waals surface area contributed by atoms with E-state index < -0.39 is 6.10 Å². The topological polar surface area (TPSA) is 23.5 Å². The third-order valence-electron chi connectivity index (χ3n) is 3.83. The van der Waals surface area contributed by atoms with Crippen LogP contribution in [0.3, 0.4) is 0 Å². The molecule has 112 valence electrons. The second-order valence-corrected chi connectivity index (χ2v) is 5.69. The number of hydrogen-bond donors (Lipinski definition) is 1. The van der Waals surface area contributed by atoms with Gasteiger partial charge in [-0.1, -0.05) is 17.7 Å². The largest absolute Gasteiger partial charge is 0.389 e. The number of halogens is 1. The van der Waals surface area contributed by atoms with E-state index in [2.05, 4.69) is 32.0 Å². The molecule has 3 heteroatoms. The van der Waals surface area contributed by atoms with Crippen LogP contribution in [0, 0.1) is 26.6 Å². The van der Waals surface area contributed by atoms with Crippen molar-refractivity contribution in [3.05, 3.63) is 58.4 Å². The minimum atomic E-state index is -0.719. The monoisotopic (exact) mass is 287 g/mol. The number of rotatable bonds is 3. The van der Waals surface area contributed by atoms with Crippen LogP contribution < -0.4 is 4.90 Å². The van der Waals surface area contributed by atoms with Crippen molar-refractivity contribution in [2.24, 2.45) is 0 Å². The lowest BCUT2D eigenvalue weighted by molar-refractivity contribution is 0.199. The highest BCUT2D eigenvalue weighted by molar-refractivity contribution is 5.69. The first-order chi connectivity index (χ1) is 9.81. The average Bonchev–Trinajstić information content (AvgIpc) is 2.40. The molecule has 2 aromatic rings. The first-order valence-electron chi connectivity index (χ1n) is 7.10. The van der Waals surface area contributed by atoms with E-state index in [0.29, 0.717) is 11.1 Å². The molecule has 0 unspecified atom stereocenters. The normalized spacial score (nSPS) is 12.3. The molecular weight excluding hydrogens is 265 g/mol. The highest BCUT2D eigenvalue weighted by atomic mass is 19.1. The summed E-state index contributed by atoms with van der Waals surface area (Å²) in [7, 11) is 1.94. The van der Waals surface area contributed by atoms with Crippen molar-refractivity contribution in [1.29, 1.82) is 0 Å². The Hall–Kier alpha value is -1.87. The summed E-state index contributed by atoms with van der Waals surface area (Å²) in [6.45, 7) is 7.50. The number of aliphatic hydroxyl groups excluding tert-OH is 1. The summed E-state index contributed by atoms with van der Waals surface area (Å²) in [6, 6.07) is 9.43. The van der Waals surface area contributed by atoms with Crippen molar-refractivity contribution < 1.29 is 9.50 Å². The third kappa shape index (κ3) is 3.08. The Balaban J connectivity index is 2.57. The van der Waals surface area contributed by atoms with E-state index in [0.717, 1.165) is 16.9 Å². The van der Waals surface area contributed by atoms with Crippen molar-refractivity contribution in [2.45, 2.75) is 33.8 Å². The zero-order valence-corrected chi connectivity index (χ0v) is 13.2. The lowest BCUT2D eigenvalue weighted by Gasteiger charge is -2.26. The SMILES string of the molecule is Cc1ccc(N(C)c2cc(C)c(F)cc2[C@H](C)O)c(C)c1. The van der Waals surface area contributed by atoms with Gasteiger partial charge in [-0.05, 0) is 57.0 Å². The van der Waals surface area contributed by atoms with Gasteiger partial charge in [-0.3, -0.25) is 0 Å². The quantitative estimate of drug-likeness (QED) is 0.893. The third-order valence-corrected chi connectivity index (χ3v) is 3.83. The van der Waals surface area contributed by atoms with E-state index in [-0.39, 0.29) is 5.82 Å². The Morgan fingerprint density at radius 2 is 1.67 bits per heavy atom. The van der Waals surface area contributed by atoms with Gasteiger partial charge >= 0.3 is 0 Å². The van der Waals surface area contributed by atoms with Crippen LogP contribution in [0.25, 0.3) is 0 Å². The maximum atomic E-state index is 13.8. The van der Waals surface area contributed by atoms with Gasteiger partial charge in [0.2, 0.25) is 0 Å². The van der Waals surface area contributed by atoms with Gasteiger partial charge in [-0.25, -0.2) is 4.39 Å². The lowest BCUT2D eigenvalue weighted by atomic mass is 10.0. The van der Waals surface area contributed by atoms with E-state index in [9.17, 15) is 9.50 Å². The molecule has 21 heavy (non-hydrogen) atoms. The van der Waals surface area contributed by atoms with E-state index in [1.807, 2.05) is 11.9 Å². The summed E-state index contributed by atoms with van der Waals surface area (Å²) in [6.07, 6.45) is -0.719. The zero-order valence-electron chi connectivity index (χ0n) is 13.2. The van der Waals surface area contributed by atoms with Crippen LogP contribution in [-0.4, -0.2) is 12.2 Å². The molecule has 1 N–H and O–H groups in total. The highest BCUT2D eigenvalue weighted by Gasteiger charge is 2.17. The first kappa shape index (κ1) is 15.5. The standard InChI is InChI=1S/C18H22FNO/c1-11-6-7-17(13(3)8-11)20(5)18-9-12(2)16(19)10-15(18)14(4)21/h6-10,14,21H,1-5H3/t14-/m0/s1. The fourth-order valence-electron chi connectivity index (χ4n) is 2.62. The number of aryl methyl sites for hydroxylation is 3. The number of benzene rings is 2. The maximum absolute atomic E-state index is 13.8. The van der Waals surface area contributed by atoms with Crippen LogP contribution in [0.15, 0.2) is 30.3 Å². The van der Waals surface area contributed by atoms with Crippen LogP contribution in [-0.2, 0) is 0 Å². The van der Waals surface area contributed by atoms with Crippen LogP contribution in [0.1, 0.15) is 35.3 Å². The van der Waals surface area contributed by atoms with Gasteiger partial charge in [0.1, 0.15) is 5.82 Å². The highest BCUT2D eigenvalue weighted by Crippen LogP contribution is 2.34. The molecule has 2 aromatic carbocycles. The molecular formula is C18H22FNO. The van der Waals surface area contributed by atoms with Gasteiger partial charge in [0, 0.05) is 24.0 Å². The molecule has 0 aliphatic carbocycles. The Morgan fingerprint density at radius 3 is 2.24 bits per heavy atom. The predicted octanol–water partition coefficient (Wildman–Crippen LogP) is 4.57. The van der Waals surface area contributed by atoms with E-state index in [1.165, 1.54) is 11.6 Å². The summed E-state index contributed by atoms with van der Waals surface area (Å²) in [5.41, 5.74) is 5.41. The first-order valence-corrected chi connectivity index (χ1v) is 7.10. The predicted molar refractivity (Wildman–Crippen MR) is 85.7 cm³/mol. The molecule has 0 saturated heterocycles. The molecule has 0 amide bonds. The van der Waals surface area contributed by atoms with Crippen molar-refractivity contribution in [2.75, 3.05) is 11.9 Å². The van der Waals surface area contributed by atoms with Crippen molar-refractivity contribution in [1.82, 2.24) is 0 Å². The van der Waals surface area contributed by atoms with Gasteiger partial charge in [0.05, 0.1) is 6.10 Å². The van der Waals surface area contributed by atoms with Crippen molar-refractivity contribution in [3.8, 4) is 0 Å². The van der Waals surface area contributed by atoms with Crippen molar-refractivity contribution in [3.63, 3.8) is 0 Å². The fourth-order valence-corrected chi connectivity index (χ4v) is 2.62. The van der Waals surface area contributed by atoms with E-state index in [4.69, 9.17) is 0 Å². The maximum Gasteiger partial charge on any atom is 0.126 e. The van der Waals surface area contributed by atoms with E-state index in [1.54, 1.807) is 19.9 Å². The van der Waals surface area contributed by atoms with Gasteiger partial charge < -0.3 is 10.0 Å². The molecule has 2 nitrogen and oxygen atoms in total. The molecule has 0 spiro atoms. The minimum absolute atomic E-state index is 0.288. The number of hydrogen-bond acceptors (Lipinski definition) is 2. The van der Waals surface area contributed by atoms with E-state index >= 15 is 0 Å². The number of anilines is 2. The Morgan fingerprint density at radius 1 is 1.00 bits per heavy atom. The summed E-state index contributed by atoms with van der Waals surface area (Å²) < 4.78 is 13.8. The van der Waals surface area contributed by atoms with Crippen LogP contribution in [0.5, 0.6) is 0 Å². The molecule has 0 heterocycles. The van der Waals surface area contributed by atoms with Gasteiger partial charge in [-0.15, -0.1) is 0 Å². The van der Waals surface area contributed by atoms with Crippen molar-refractivity contribution >= 4 is 11.4 Å². The van der Waals surface area contributed by atoms with Gasteiger partial charge in [0.15, 0.2) is 0 Å². The molecule has 0 radical (unpaired) electrons. The van der Waals surface area contributed by atoms with Gasteiger partial charge in [0.25, 0.3) is 0 Å². The summed E-state index contributed by atoms with van der Waals surface area (Å²) in [5, 5.41) is 9.94. The Bertz CT molecular complexity index is 665. The molecule has 0 aliphatic rings. The average molecular weight is 287 g/mol. The van der Waals surface area contributed by atoms with Crippen LogP contribution in [0.2, 0.25) is 0 Å². The molecule has 0 saturated carbocycles. The summed E-state index contributed by atoms with van der Waals surface area (Å²) >= 11 is 0. The summed E-state index contributed by atoms with van der Waals surface area (Å²) in [5.74, 6) is -0.288. The Kier molecular flexibility index (Phi) is 4.33. The molecule has 0 aromatic heterocycles. The molecule has 0 fully saturated rings. The fraction of sp³-hybridized carbons (Fsp3) is 0.333. The second-order valence-electron chi connectivity index (χ2n) is 5.69. The molecule has 1 atom stereocenters. The zero-order chi connectivity index (χ0) is 15.7. The number of nitrogens with zero attached hydrogens (tertiary/aromatic N) is 1. The molecule has 0 aliphatic heterocycles. The Labute approximate surface area is 125 Å². The van der Waals surface area contributed by atoms with Gasteiger partial charge in [-0.2, -0.15) is 0 Å².